The second-order valence-corrected chi connectivity index (χ2v) is 6.04. The molecule has 0 saturated heterocycles. The first-order valence-corrected chi connectivity index (χ1v) is 8.61. The highest BCUT2D eigenvalue weighted by molar-refractivity contribution is 6.17. The normalized spacial score (nSPS) is 13.8. The molecule has 0 fully saturated rings. The molecule has 0 aliphatic carbocycles. The molecule has 2 N–H and O–H groups in total. The van der Waals surface area contributed by atoms with E-state index in [1.54, 1.807) is 24.3 Å². The van der Waals surface area contributed by atoms with Crippen molar-refractivity contribution in [3.8, 4) is 22.8 Å². The SMILES string of the molecule is O=C1C=C(Nc2ccccc2-c2nc(-c3ccccc3)no2)C(=O)N1CCO. The number of amides is 2. The van der Waals surface area contributed by atoms with Crippen LogP contribution in [0.15, 0.2) is 70.9 Å². The molecule has 2 heterocycles. The van der Waals surface area contributed by atoms with Gasteiger partial charge in [-0.05, 0) is 12.1 Å². The van der Waals surface area contributed by atoms with E-state index in [9.17, 15) is 9.59 Å². The van der Waals surface area contributed by atoms with Crippen molar-refractivity contribution in [2.24, 2.45) is 0 Å². The first kappa shape index (κ1) is 17.6. The number of aliphatic hydroxyl groups is 1. The van der Waals surface area contributed by atoms with Crippen LogP contribution >= 0.6 is 0 Å². The molecule has 2 amide bonds. The van der Waals surface area contributed by atoms with Crippen molar-refractivity contribution >= 4 is 17.5 Å². The number of hydrogen-bond donors (Lipinski definition) is 2. The summed E-state index contributed by atoms with van der Waals surface area (Å²) in [6, 6.07) is 16.5. The fourth-order valence-corrected chi connectivity index (χ4v) is 2.87. The smallest absolute Gasteiger partial charge is 0.277 e. The number of para-hydroxylation sites is 1. The summed E-state index contributed by atoms with van der Waals surface area (Å²) < 4.78 is 5.40. The number of anilines is 1. The van der Waals surface area contributed by atoms with Gasteiger partial charge in [0.2, 0.25) is 5.82 Å². The summed E-state index contributed by atoms with van der Waals surface area (Å²) in [5.74, 6) is -0.232. The van der Waals surface area contributed by atoms with Crippen molar-refractivity contribution in [3.05, 3.63) is 66.4 Å². The largest absolute Gasteiger partial charge is 0.395 e. The molecule has 0 atom stereocenters. The van der Waals surface area contributed by atoms with Gasteiger partial charge in [0.25, 0.3) is 17.7 Å². The third kappa shape index (κ3) is 3.28. The van der Waals surface area contributed by atoms with Gasteiger partial charge < -0.3 is 14.9 Å². The number of hydrogen-bond acceptors (Lipinski definition) is 7. The number of nitrogens with zero attached hydrogens (tertiary/aromatic N) is 3. The standard InChI is InChI=1S/C20H16N4O4/c25-11-10-24-17(26)12-16(20(24)27)21-15-9-5-4-8-14(15)19-22-18(23-28-19)13-6-2-1-3-7-13/h1-9,12,21,25H,10-11H2. The van der Waals surface area contributed by atoms with Crippen LogP contribution in [-0.4, -0.2) is 45.1 Å². The van der Waals surface area contributed by atoms with E-state index in [1.807, 2.05) is 30.3 Å². The van der Waals surface area contributed by atoms with Crippen molar-refractivity contribution in [2.45, 2.75) is 0 Å². The third-order valence-electron chi connectivity index (χ3n) is 4.22. The maximum atomic E-state index is 12.4. The maximum absolute atomic E-state index is 12.4. The van der Waals surface area contributed by atoms with Crippen LogP contribution in [0.3, 0.4) is 0 Å². The molecule has 28 heavy (non-hydrogen) atoms. The summed E-state index contributed by atoms with van der Waals surface area (Å²) in [5, 5.41) is 16.0. The van der Waals surface area contributed by atoms with Crippen LogP contribution in [0.2, 0.25) is 0 Å². The molecule has 3 aromatic rings. The Balaban J connectivity index is 1.62. The molecule has 140 valence electrons. The highest BCUT2D eigenvalue weighted by Crippen LogP contribution is 2.30. The number of imide groups is 1. The first-order chi connectivity index (χ1) is 13.7. The second kappa shape index (κ2) is 7.45. The number of benzene rings is 2. The van der Waals surface area contributed by atoms with E-state index >= 15 is 0 Å². The van der Waals surface area contributed by atoms with Crippen LogP contribution in [0.25, 0.3) is 22.8 Å². The van der Waals surface area contributed by atoms with E-state index in [1.165, 1.54) is 6.08 Å². The van der Waals surface area contributed by atoms with Crippen LogP contribution < -0.4 is 5.32 Å². The van der Waals surface area contributed by atoms with E-state index < -0.39 is 11.8 Å². The van der Waals surface area contributed by atoms with E-state index in [2.05, 4.69) is 15.5 Å². The van der Waals surface area contributed by atoms with Crippen LogP contribution in [0.5, 0.6) is 0 Å². The summed E-state index contributed by atoms with van der Waals surface area (Å²) in [5.41, 5.74) is 2.08. The van der Waals surface area contributed by atoms with Gasteiger partial charge in [0.1, 0.15) is 5.70 Å². The molecule has 0 radical (unpaired) electrons. The minimum absolute atomic E-state index is 0.0505. The highest BCUT2D eigenvalue weighted by atomic mass is 16.5. The summed E-state index contributed by atoms with van der Waals surface area (Å²) in [6.07, 6.45) is 1.21. The Morgan fingerprint density at radius 2 is 1.79 bits per heavy atom. The summed E-state index contributed by atoms with van der Waals surface area (Å²) in [6.45, 7) is -0.343. The van der Waals surface area contributed by atoms with E-state index in [4.69, 9.17) is 9.63 Å². The van der Waals surface area contributed by atoms with Crippen molar-refractivity contribution in [1.29, 1.82) is 0 Å². The van der Waals surface area contributed by atoms with Gasteiger partial charge in [-0.15, -0.1) is 0 Å². The van der Waals surface area contributed by atoms with Gasteiger partial charge in [0.05, 0.1) is 24.4 Å². The van der Waals surface area contributed by atoms with Gasteiger partial charge >= 0.3 is 0 Å². The second-order valence-electron chi connectivity index (χ2n) is 6.04. The monoisotopic (exact) mass is 376 g/mol. The fourth-order valence-electron chi connectivity index (χ4n) is 2.87. The Kier molecular flexibility index (Phi) is 4.69. The number of nitrogens with one attached hydrogen (secondary N) is 1. The topological polar surface area (TPSA) is 109 Å². The molecular formula is C20H16N4O4. The predicted octanol–water partition coefficient (Wildman–Crippen LogP) is 2.06. The molecule has 8 nitrogen and oxygen atoms in total. The zero-order chi connectivity index (χ0) is 19.5. The molecule has 0 spiro atoms. The summed E-state index contributed by atoms with van der Waals surface area (Å²) in [7, 11) is 0. The lowest BCUT2D eigenvalue weighted by Gasteiger charge is -2.14. The maximum Gasteiger partial charge on any atom is 0.277 e. The van der Waals surface area contributed by atoms with Crippen LogP contribution in [-0.2, 0) is 9.59 Å². The van der Waals surface area contributed by atoms with Gasteiger partial charge in [0.15, 0.2) is 0 Å². The van der Waals surface area contributed by atoms with Crippen molar-refractivity contribution in [1.82, 2.24) is 15.0 Å². The Morgan fingerprint density at radius 3 is 2.57 bits per heavy atom. The van der Waals surface area contributed by atoms with E-state index in [0.717, 1.165) is 10.5 Å². The average molecular weight is 376 g/mol. The molecular weight excluding hydrogens is 360 g/mol. The molecule has 2 aromatic carbocycles. The molecule has 1 aromatic heterocycles. The van der Waals surface area contributed by atoms with Gasteiger partial charge in [-0.3, -0.25) is 14.5 Å². The van der Waals surface area contributed by atoms with Crippen molar-refractivity contribution in [2.75, 3.05) is 18.5 Å². The van der Waals surface area contributed by atoms with Gasteiger partial charge in [-0.1, -0.05) is 47.6 Å². The minimum Gasteiger partial charge on any atom is -0.395 e. The molecule has 1 aliphatic heterocycles. The van der Waals surface area contributed by atoms with Crippen LogP contribution in [0, 0.1) is 0 Å². The molecule has 1 aliphatic rings. The lowest BCUT2D eigenvalue weighted by Crippen LogP contribution is -2.34. The van der Waals surface area contributed by atoms with Crippen LogP contribution in [0.4, 0.5) is 5.69 Å². The minimum atomic E-state index is -0.496. The third-order valence-corrected chi connectivity index (χ3v) is 4.22. The van der Waals surface area contributed by atoms with Gasteiger partial charge in [0, 0.05) is 11.6 Å². The summed E-state index contributed by atoms with van der Waals surface area (Å²) in [4.78, 5) is 29.7. The number of β-amino-alcohol motifs (C(OH)–C–C–N with tert-alkyl or cyclic N) is 1. The lowest BCUT2D eigenvalue weighted by molar-refractivity contribution is -0.137. The Bertz CT molecular complexity index is 1060. The van der Waals surface area contributed by atoms with Crippen LogP contribution in [0.1, 0.15) is 0 Å². The average Bonchev–Trinajstić information content (AvgIpc) is 3.31. The fraction of sp³-hybridized carbons (Fsp3) is 0.100. The zero-order valence-electron chi connectivity index (χ0n) is 14.7. The van der Waals surface area contributed by atoms with E-state index in [0.29, 0.717) is 17.1 Å². The van der Waals surface area contributed by atoms with E-state index in [-0.39, 0.29) is 24.7 Å². The van der Waals surface area contributed by atoms with Gasteiger partial charge in [-0.25, -0.2) is 0 Å². The molecule has 0 bridgehead atoms. The lowest BCUT2D eigenvalue weighted by atomic mass is 10.1. The first-order valence-electron chi connectivity index (χ1n) is 8.61. The predicted molar refractivity (Wildman–Crippen MR) is 101 cm³/mol. The zero-order valence-corrected chi connectivity index (χ0v) is 14.7. The number of aliphatic hydroxyl groups excluding tert-OH is 1. The highest BCUT2D eigenvalue weighted by Gasteiger charge is 2.31. The number of aromatic nitrogens is 2. The summed E-state index contributed by atoms with van der Waals surface area (Å²) >= 11 is 0. The number of rotatable bonds is 6. The Labute approximate surface area is 160 Å². The quantitative estimate of drug-likeness (QED) is 0.634. The Hall–Kier alpha value is -3.78. The van der Waals surface area contributed by atoms with Gasteiger partial charge in [-0.2, -0.15) is 4.98 Å². The van der Waals surface area contributed by atoms with Crippen molar-refractivity contribution in [3.63, 3.8) is 0 Å². The Morgan fingerprint density at radius 1 is 1.04 bits per heavy atom. The van der Waals surface area contributed by atoms with Crippen molar-refractivity contribution < 1.29 is 19.2 Å². The molecule has 0 unspecified atom stereocenters. The molecule has 8 heteroatoms. The molecule has 0 saturated carbocycles. The number of carbonyl (C=O) groups is 2. The number of carbonyl (C=O) groups excluding carboxylic acids is 2. The molecule has 4 rings (SSSR count).